The minimum absolute atomic E-state index is 0.0484. The molecule has 1 aliphatic heterocycles. The van der Waals surface area contributed by atoms with E-state index in [0.29, 0.717) is 6.54 Å². The lowest BCUT2D eigenvalue weighted by atomic mass is 10.1. The van der Waals surface area contributed by atoms with E-state index in [2.05, 4.69) is 61.4 Å². The molecule has 0 spiro atoms. The third kappa shape index (κ3) is 5.66. The molecule has 1 saturated heterocycles. The summed E-state index contributed by atoms with van der Waals surface area (Å²) in [6.45, 7) is 7.50. The van der Waals surface area contributed by atoms with Gasteiger partial charge in [-0.3, -0.25) is 9.69 Å². The van der Waals surface area contributed by atoms with E-state index < -0.39 is 0 Å². The zero-order chi connectivity index (χ0) is 18.4. The number of halogens is 1. The first-order valence-electron chi connectivity index (χ1n) is 9.15. The molecule has 0 atom stereocenters. The van der Waals surface area contributed by atoms with Crippen LogP contribution in [0.4, 0.5) is 5.69 Å². The molecule has 5 heteroatoms. The average Bonchev–Trinajstić information content (AvgIpc) is 2.64. The summed E-state index contributed by atoms with van der Waals surface area (Å²) in [6.07, 6.45) is 1.09. The van der Waals surface area contributed by atoms with Crippen molar-refractivity contribution < 1.29 is 4.79 Å². The molecule has 1 aliphatic rings. The van der Waals surface area contributed by atoms with Gasteiger partial charge in [-0.05, 0) is 52.5 Å². The fraction of sp³-hybridized carbons (Fsp3) is 0.381. The Morgan fingerprint density at radius 3 is 2.42 bits per heavy atom. The monoisotopic (exact) mass is 415 g/mol. The van der Waals surface area contributed by atoms with Crippen LogP contribution >= 0.6 is 15.9 Å². The third-order valence-electron chi connectivity index (χ3n) is 4.79. The highest BCUT2D eigenvalue weighted by molar-refractivity contribution is 9.10. The van der Waals surface area contributed by atoms with Gasteiger partial charge in [-0.1, -0.05) is 36.4 Å². The van der Waals surface area contributed by atoms with Crippen molar-refractivity contribution in [1.82, 2.24) is 9.80 Å². The lowest BCUT2D eigenvalue weighted by molar-refractivity contribution is -0.117. The molecule has 1 fully saturated rings. The van der Waals surface area contributed by atoms with Crippen LogP contribution in [-0.4, -0.2) is 55.0 Å². The molecule has 1 amide bonds. The third-order valence-corrected chi connectivity index (χ3v) is 5.45. The minimum atomic E-state index is 0.0484. The summed E-state index contributed by atoms with van der Waals surface area (Å²) < 4.78 is 0.927. The van der Waals surface area contributed by atoms with Gasteiger partial charge in [0.2, 0.25) is 5.91 Å². The van der Waals surface area contributed by atoms with E-state index in [0.717, 1.165) is 49.3 Å². The van der Waals surface area contributed by atoms with Gasteiger partial charge in [0.05, 0.1) is 12.2 Å². The number of aryl methyl sites for hydroxylation is 1. The first kappa shape index (κ1) is 19.1. The normalized spacial score (nSPS) is 15.8. The van der Waals surface area contributed by atoms with Crippen LogP contribution in [0.1, 0.15) is 11.1 Å². The summed E-state index contributed by atoms with van der Waals surface area (Å²) in [5, 5.41) is 3.00. The second-order valence-corrected chi connectivity index (χ2v) is 7.74. The number of amides is 1. The number of carbonyl (C=O) groups excluding carboxylic acids is 1. The molecule has 2 aromatic rings. The second-order valence-electron chi connectivity index (χ2n) is 6.88. The van der Waals surface area contributed by atoms with Crippen LogP contribution in [0.25, 0.3) is 0 Å². The molecule has 3 rings (SSSR count). The number of anilines is 1. The van der Waals surface area contributed by atoms with Crippen molar-refractivity contribution in [2.75, 3.05) is 44.6 Å². The van der Waals surface area contributed by atoms with Gasteiger partial charge in [0.1, 0.15) is 0 Å². The highest BCUT2D eigenvalue weighted by atomic mass is 79.9. The Hall–Kier alpha value is -1.69. The second kappa shape index (κ2) is 9.31. The summed E-state index contributed by atoms with van der Waals surface area (Å²) >= 11 is 3.51. The number of nitrogens with one attached hydrogen (secondary N) is 1. The topological polar surface area (TPSA) is 35.6 Å². The van der Waals surface area contributed by atoms with Crippen LogP contribution in [0.3, 0.4) is 0 Å². The Morgan fingerprint density at radius 2 is 1.73 bits per heavy atom. The SMILES string of the molecule is Cc1ccc(NC(=O)CN2CCN(CCc3ccccc3)CC2)c(Br)c1. The highest BCUT2D eigenvalue weighted by Gasteiger charge is 2.19. The maximum absolute atomic E-state index is 12.3. The van der Waals surface area contributed by atoms with E-state index in [1.165, 1.54) is 11.1 Å². The number of piperazine rings is 1. The molecule has 0 saturated carbocycles. The van der Waals surface area contributed by atoms with Crippen LogP contribution in [0.15, 0.2) is 53.0 Å². The number of rotatable bonds is 6. The van der Waals surface area contributed by atoms with Crippen LogP contribution in [0, 0.1) is 6.92 Å². The molecule has 4 nitrogen and oxygen atoms in total. The van der Waals surface area contributed by atoms with Crippen LogP contribution in [0.2, 0.25) is 0 Å². The van der Waals surface area contributed by atoms with Crippen LogP contribution in [-0.2, 0) is 11.2 Å². The van der Waals surface area contributed by atoms with Crippen molar-refractivity contribution in [3.63, 3.8) is 0 Å². The lowest BCUT2D eigenvalue weighted by Gasteiger charge is -2.34. The smallest absolute Gasteiger partial charge is 0.238 e. The van der Waals surface area contributed by atoms with Gasteiger partial charge in [-0.15, -0.1) is 0 Å². The number of hydrogen-bond donors (Lipinski definition) is 1. The summed E-state index contributed by atoms with van der Waals surface area (Å²) in [5.74, 6) is 0.0484. The zero-order valence-electron chi connectivity index (χ0n) is 15.2. The van der Waals surface area contributed by atoms with Gasteiger partial charge in [0.15, 0.2) is 0 Å². The fourth-order valence-electron chi connectivity index (χ4n) is 3.22. The predicted molar refractivity (Wildman–Crippen MR) is 111 cm³/mol. The standard InChI is InChI=1S/C21H26BrN3O/c1-17-7-8-20(19(22)15-17)23-21(26)16-25-13-11-24(12-14-25)10-9-18-5-3-2-4-6-18/h2-8,15H,9-14,16H2,1H3,(H,23,26). The van der Waals surface area contributed by atoms with Gasteiger partial charge in [-0.25, -0.2) is 0 Å². The lowest BCUT2D eigenvalue weighted by Crippen LogP contribution is -2.49. The number of benzene rings is 2. The maximum atomic E-state index is 12.3. The van der Waals surface area contributed by atoms with E-state index in [-0.39, 0.29) is 5.91 Å². The Labute approximate surface area is 164 Å². The first-order chi connectivity index (χ1) is 12.6. The number of carbonyl (C=O) groups is 1. The molecule has 0 bridgehead atoms. The average molecular weight is 416 g/mol. The molecule has 1 heterocycles. The van der Waals surface area contributed by atoms with E-state index in [9.17, 15) is 4.79 Å². The van der Waals surface area contributed by atoms with Crippen LogP contribution < -0.4 is 5.32 Å². The maximum Gasteiger partial charge on any atom is 0.238 e. The molecule has 2 aromatic carbocycles. The van der Waals surface area contributed by atoms with Crippen molar-refractivity contribution in [1.29, 1.82) is 0 Å². The van der Waals surface area contributed by atoms with Gasteiger partial charge in [0, 0.05) is 37.2 Å². The van der Waals surface area contributed by atoms with Crippen molar-refractivity contribution in [3.8, 4) is 0 Å². The Morgan fingerprint density at radius 1 is 1.04 bits per heavy atom. The Balaban J connectivity index is 1.40. The quantitative estimate of drug-likeness (QED) is 0.783. The molecule has 0 aliphatic carbocycles. The summed E-state index contributed by atoms with van der Waals surface area (Å²) in [7, 11) is 0. The molecule has 26 heavy (non-hydrogen) atoms. The van der Waals surface area contributed by atoms with Crippen LogP contribution in [0.5, 0.6) is 0 Å². The van der Waals surface area contributed by atoms with Gasteiger partial charge < -0.3 is 10.2 Å². The Kier molecular flexibility index (Phi) is 6.83. The summed E-state index contributed by atoms with van der Waals surface area (Å²) in [5.41, 5.74) is 3.39. The molecule has 0 radical (unpaired) electrons. The van der Waals surface area contributed by atoms with E-state index in [1.807, 2.05) is 25.1 Å². The molecule has 0 aromatic heterocycles. The zero-order valence-corrected chi connectivity index (χ0v) is 16.8. The van der Waals surface area contributed by atoms with E-state index in [4.69, 9.17) is 0 Å². The van der Waals surface area contributed by atoms with E-state index in [1.54, 1.807) is 0 Å². The number of hydrogen-bond acceptors (Lipinski definition) is 3. The Bertz CT molecular complexity index is 727. The van der Waals surface area contributed by atoms with Crippen molar-refractivity contribution in [2.24, 2.45) is 0 Å². The molecule has 0 unspecified atom stereocenters. The largest absolute Gasteiger partial charge is 0.324 e. The molecular formula is C21H26BrN3O. The van der Waals surface area contributed by atoms with E-state index >= 15 is 0 Å². The van der Waals surface area contributed by atoms with Crippen molar-refractivity contribution in [3.05, 3.63) is 64.1 Å². The summed E-state index contributed by atoms with van der Waals surface area (Å²) in [4.78, 5) is 17.0. The summed E-state index contributed by atoms with van der Waals surface area (Å²) in [6, 6.07) is 16.6. The fourth-order valence-corrected chi connectivity index (χ4v) is 3.81. The molecular weight excluding hydrogens is 390 g/mol. The van der Waals surface area contributed by atoms with Gasteiger partial charge in [-0.2, -0.15) is 0 Å². The highest BCUT2D eigenvalue weighted by Crippen LogP contribution is 2.23. The minimum Gasteiger partial charge on any atom is -0.324 e. The first-order valence-corrected chi connectivity index (χ1v) is 9.94. The van der Waals surface area contributed by atoms with Crippen molar-refractivity contribution in [2.45, 2.75) is 13.3 Å². The van der Waals surface area contributed by atoms with Gasteiger partial charge in [0.25, 0.3) is 0 Å². The van der Waals surface area contributed by atoms with Crippen molar-refractivity contribution >= 4 is 27.5 Å². The molecule has 1 N–H and O–H groups in total. The van der Waals surface area contributed by atoms with Gasteiger partial charge >= 0.3 is 0 Å². The molecule has 138 valence electrons. The number of nitrogens with zero attached hydrogens (tertiary/aromatic N) is 2. The predicted octanol–water partition coefficient (Wildman–Crippen LogP) is 3.56.